The van der Waals surface area contributed by atoms with E-state index in [0.717, 1.165) is 12.1 Å². The molecule has 0 radical (unpaired) electrons. The highest BCUT2D eigenvalue weighted by Gasteiger charge is 2.30. The van der Waals surface area contributed by atoms with E-state index in [1.807, 2.05) is 31.3 Å². The van der Waals surface area contributed by atoms with Crippen LogP contribution in [-0.2, 0) is 11.3 Å². The van der Waals surface area contributed by atoms with Gasteiger partial charge in [0.05, 0.1) is 24.4 Å². The zero-order valence-corrected chi connectivity index (χ0v) is 16.6. The topological polar surface area (TPSA) is 139 Å². The average molecular weight is 408 g/mol. The number of amides is 1. The van der Waals surface area contributed by atoms with Crippen molar-refractivity contribution in [1.82, 2.24) is 25.8 Å². The minimum Gasteiger partial charge on any atom is -0.396 e. The first kappa shape index (κ1) is 20.0. The van der Waals surface area contributed by atoms with E-state index in [4.69, 9.17) is 10.3 Å². The van der Waals surface area contributed by atoms with Crippen molar-refractivity contribution in [1.29, 1.82) is 0 Å². The Labute approximate surface area is 173 Å². The Bertz CT molecular complexity index is 1030. The van der Waals surface area contributed by atoms with E-state index in [2.05, 4.69) is 25.8 Å². The number of aliphatic hydroxyl groups excluding tert-OH is 1. The van der Waals surface area contributed by atoms with Gasteiger partial charge in [0, 0.05) is 30.6 Å². The number of hydrogen-bond acceptors (Lipinski definition) is 8. The minimum absolute atomic E-state index is 0.0613. The molecule has 0 aliphatic carbocycles. The SMILES string of the molecule is CNCc1ccc(-c2cc(-c3nc(C4CNC(=O)C(CO)C4)cnc3N)on2)cc1. The van der Waals surface area contributed by atoms with E-state index in [-0.39, 0.29) is 24.2 Å². The zero-order chi connectivity index (χ0) is 21.1. The number of nitrogen functional groups attached to an aromatic ring is 1. The van der Waals surface area contributed by atoms with Gasteiger partial charge in [0.15, 0.2) is 17.3 Å². The lowest BCUT2D eigenvalue weighted by atomic mass is 9.88. The lowest BCUT2D eigenvalue weighted by Crippen LogP contribution is -2.42. The highest BCUT2D eigenvalue weighted by Crippen LogP contribution is 2.31. The lowest BCUT2D eigenvalue weighted by molar-refractivity contribution is -0.128. The molecule has 30 heavy (non-hydrogen) atoms. The summed E-state index contributed by atoms with van der Waals surface area (Å²) >= 11 is 0. The van der Waals surface area contributed by atoms with Gasteiger partial charge in [0.1, 0.15) is 5.69 Å². The number of carbonyl (C=O) groups excluding carboxylic acids is 1. The van der Waals surface area contributed by atoms with Crippen LogP contribution in [0.25, 0.3) is 22.7 Å². The summed E-state index contributed by atoms with van der Waals surface area (Å²) < 4.78 is 5.51. The quantitative estimate of drug-likeness (QED) is 0.479. The van der Waals surface area contributed by atoms with E-state index in [1.54, 1.807) is 12.3 Å². The van der Waals surface area contributed by atoms with E-state index in [9.17, 15) is 9.90 Å². The normalized spacial score (nSPS) is 18.9. The van der Waals surface area contributed by atoms with Crippen molar-refractivity contribution in [3.8, 4) is 22.7 Å². The number of anilines is 1. The Hall–Kier alpha value is -3.30. The molecule has 1 aliphatic rings. The number of aliphatic hydroxyl groups is 1. The Morgan fingerprint density at radius 3 is 2.87 bits per heavy atom. The molecule has 1 aliphatic heterocycles. The summed E-state index contributed by atoms with van der Waals surface area (Å²) in [5.41, 5.74) is 9.93. The highest BCUT2D eigenvalue weighted by molar-refractivity contribution is 5.79. The number of piperidine rings is 1. The number of hydrogen-bond donors (Lipinski definition) is 4. The Morgan fingerprint density at radius 1 is 1.33 bits per heavy atom. The number of nitrogens with two attached hydrogens (primary N) is 1. The maximum absolute atomic E-state index is 11.8. The summed E-state index contributed by atoms with van der Waals surface area (Å²) in [4.78, 5) is 20.7. The molecule has 2 aromatic heterocycles. The number of nitrogens with zero attached hydrogens (tertiary/aromatic N) is 3. The molecule has 2 atom stereocenters. The van der Waals surface area contributed by atoms with Crippen molar-refractivity contribution < 1.29 is 14.4 Å². The van der Waals surface area contributed by atoms with Crippen molar-refractivity contribution >= 4 is 11.7 Å². The Balaban J connectivity index is 1.59. The fourth-order valence-electron chi connectivity index (χ4n) is 3.60. The van der Waals surface area contributed by atoms with E-state index < -0.39 is 5.92 Å². The van der Waals surface area contributed by atoms with Crippen LogP contribution in [0.4, 0.5) is 5.82 Å². The maximum atomic E-state index is 11.8. The van der Waals surface area contributed by atoms with Crippen molar-refractivity contribution in [2.24, 2.45) is 5.92 Å². The van der Waals surface area contributed by atoms with Crippen LogP contribution in [0.3, 0.4) is 0 Å². The van der Waals surface area contributed by atoms with Gasteiger partial charge in [-0.3, -0.25) is 4.79 Å². The molecule has 156 valence electrons. The second-order valence-corrected chi connectivity index (χ2v) is 7.39. The molecule has 2 unspecified atom stereocenters. The van der Waals surface area contributed by atoms with Crippen LogP contribution in [0, 0.1) is 5.92 Å². The second kappa shape index (κ2) is 8.60. The van der Waals surface area contributed by atoms with Crippen molar-refractivity contribution in [3.63, 3.8) is 0 Å². The van der Waals surface area contributed by atoms with Gasteiger partial charge < -0.3 is 26.0 Å². The Kier molecular flexibility index (Phi) is 5.73. The molecule has 0 bridgehead atoms. The Morgan fingerprint density at radius 2 is 2.13 bits per heavy atom. The van der Waals surface area contributed by atoms with E-state index in [0.29, 0.717) is 35.8 Å². The molecule has 0 saturated carbocycles. The first-order valence-corrected chi connectivity index (χ1v) is 9.81. The van der Waals surface area contributed by atoms with Crippen molar-refractivity contribution in [3.05, 3.63) is 47.8 Å². The predicted molar refractivity (Wildman–Crippen MR) is 111 cm³/mol. The molecule has 1 fully saturated rings. The van der Waals surface area contributed by atoms with Gasteiger partial charge in [-0.25, -0.2) is 9.97 Å². The fourth-order valence-corrected chi connectivity index (χ4v) is 3.60. The third kappa shape index (κ3) is 4.03. The first-order valence-electron chi connectivity index (χ1n) is 9.81. The number of rotatable bonds is 6. The maximum Gasteiger partial charge on any atom is 0.225 e. The smallest absolute Gasteiger partial charge is 0.225 e. The molecule has 0 spiro atoms. The third-order valence-electron chi connectivity index (χ3n) is 5.29. The fraction of sp³-hybridized carbons (Fsp3) is 0.333. The van der Waals surface area contributed by atoms with Crippen LogP contribution >= 0.6 is 0 Å². The largest absolute Gasteiger partial charge is 0.396 e. The predicted octanol–water partition coefficient (Wildman–Crippen LogP) is 1.31. The van der Waals surface area contributed by atoms with Crippen molar-refractivity contribution in [2.75, 3.05) is 25.9 Å². The average Bonchev–Trinajstić information content (AvgIpc) is 3.25. The molecule has 5 N–H and O–H groups in total. The van der Waals surface area contributed by atoms with Crippen LogP contribution < -0.4 is 16.4 Å². The highest BCUT2D eigenvalue weighted by atomic mass is 16.5. The molecule has 3 heterocycles. The van der Waals surface area contributed by atoms with E-state index >= 15 is 0 Å². The number of carbonyl (C=O) groups is 1. The van der Waals surface area contributed by atoms with Crippen LogP contribution in [-0.4, -0.2) is 46.3 Å². The van der Waals surface area contributed by atoms with Crippen LogP contribution in [0.5, 0.6) is 0 Å². The zero-order valence-electron chi connectivity index (χ0n) is 16.6. The van der Waals surface area contributed by atoms with Crippen LogP contribution in [0.15, 0.2) is 41.1 Å². The summed E-state index contributed by atoms with van der Waals surface area (Å²) in [6, 6.07) is 9.82. The summed E-state index contributed by atoms with van der Waals surface area (Å²) in [5.74, 6) is 0.0141. The molecule has 9 nitrogen and oxygen atoms in total. The molecule has 3 aromatic rings. The molecule has 1 amide bonds. The van der Waals surface area contributed by atoms with Gasteiger partial charge in [-0.05, 0) is 19.0 Å². The molecule has 1 aromatic carbocycles. The number of aromatic nitrogens is 3. The van der Waals surface area contributed by atoms with Gasteiger partial charge >= 0.3 is 0 Å². The molecule has 1 saturated heterocycles. The molecular formula is C21H24N6O3. The summed E-state index contributed by atoms with van der Waals surface area (Å²) in [7, 11) is 1.91. The van der Waals surface area contributed by atoms with Gasteiger partial charge in [-0.1, -0.05) is 29.4 Å². The van der Waals surface area contributed by atoms with Crippen LogP contribution in [0.1, 0.15) is 23.6 Å². The van der Waals surface area contributed by atoms with Gasteiger partial charge in [0.25, 0.3) is 0 Å². The minimum atomic E-state index is -0.450. The third-order valence-corrected chi connectivity index (χ3v) is 5.29. The second-order valence-electron chi connectivity index (χ2n) is 7.39. The van der Waals surface area contributed by atoms with Gasteiger partial charge in [-0.15, -0.1) is 0 Å². The first-order chi connectivity index (χ1) is 14.6. The monoisotopic (exact) mass is 408 g/mol. The molecular weight excluding hydrogens is 384 g/mol. The lowest BCUT2D eigenvalue weighted by Gasteiger charge is -2.27. The summed E-state index contributed by atoms with van der Waals surface area (Å²) in [6.45, 7) is 1.03. The van der Waals surface area contributed by atoms with Gasteiger partial charge in [-0.2, -0.15) is 0 Å². The number of benzene rings is 1. The van der Waals surface area contributed by atoms with Crippen molar-refractivity contribution in [2.45, 2.75) is 18.9 Å². The van der Waals surface area contributed by atoms with Crippen LogP contribution in [0.2, 0.25) is 0 Å². The standard InChI is InChI=1S/C21H24N6O3/c1-23-8-12-2-4-13(5-3-12)16-7-18(30-27-16)19-20(22)24-10-17(26-19)14-6-15(11-28)21(29)25-9-14/h2-5,7,10,14-15,23,28H,6,8-9,11H2,1H3,(H2,22,24)(H,25,29). The summed E-state index contributed by atoms with van der Waals surface area (Å²) in [6.07, 6.45) is 2.11. The summed E-state index contributed by atoms with van der Waals surface area (Å²) in [5, 5.41) is 19.5. The molecule has 9 heteroatoms. The number of nitrogens with one attached hydrogen (secondary N) is 2. The molecule has 4 rings (SSSR count). The van der Waals surface area contributed by atoms with Gasteiger partial charge in [0.2, 0.25) is 5.91 Å². The van der Waals surface area contributed by atoms with E-state index in [1.165, 1.54) is 5.56 Å².